The molecule has 3 rings (SSSR count). The molecule has 1 aromatic rings. The quantitative estimate of drug-likeness (QED) is 0.629. The monoisotopic (exact) mass is 445 g/mol. The Labute approximate surface area is 167 Å². The maximum Gasteiger partial charge on any atom is 0.410 e. The highest BCUT2D eigenvalue weighted by Gasteiger charge is 2.63. The van der Waals surface area contributed by atoms with Crippen LogP contribution in [0.4, 0.5) is 13.6 Å². The number of likely N-dealkylation sites (tertiary alicyclic amines) is 2. The summed E-state index contributed by atoms with van der Waals surface area (Å²) >= 11 is 3.30. The van der Waals surface area contributed by atoms with E-state index in [1.807, 2.05) is 24.0 Å². The molecule has 0 aromatic carbocycles. The molecule has 2 fully saturated rings. The number of hydrogen-bond acceptors (Lipinski definition) is 4. The first-order chi connectivity index (χ1) is 12.4. The van der Waals surface area contributed by atoms with E-state index in [2.05, 4.69) is 20.9 Å². The molecule has 2 aliphatic rings. The van der Waals surface area contributed by atoms with Crippen LogP contribution in [0, 0.1) is 5.41 Å². The SMILES string of the molecule is CC(c1ccc(Br)nc1)N1CC2(CCN(C(=O)OC(C)(C)C)CC2(F)F)C1. The molecule has 0 saturated carbocycles. The fourth-order valence-corrected chi connectivity index (χ4v) is 3.97. The number of aromatic nitrogens is 1. The van der Waals surface area contributed by atoms with Gasteiger partial charge in [-0.25, -0.2) is 18.6 Å². The lowest BCUT2D eigenvalue weighted by Crippen LogP contribution is -2.70. The molecule has 3 heterocycles. The van der Waals surface area contributed by atoms with Gasteiger partial charge in [0.15, 0.2) is 0 Å². The Morgan fingerprint density at radius 1 is 1.30 bits per heavy atom. The van der Waals surface area contributed by atoms with Gasteiger partial charge in [0.1, 0.15) is 10.2 Å². The Morgan fingerprint density at radius 2 is 1.96 bits per heavy atom. The average Bonchev–Trinajstić information content (AvgIpc) is 2.50. The van der Waals surface area contributed by atoms with E-state index in [0.717, 1.165) is 15.1 Å². The van der Waals surface area contributed by atoms with Crippen LogP contribution in [-0.2, 0) is 4.74 Å². The zero-order valence-electron chi connectivity index (χ0n) is 16.1. The average molecular weight is 446 g/mol. The second-order valence-corrected chi connectivity index (χ2v) is 9.44. The van der Waals surface area contributed by atoms with Crippen molar-refractivity contribution in [1.29, 1.82) is 0 Å². The summed E-state index contributed by atoms with van der Waals surface area (Å²) in [5.74, 6) is -2.93. The first kappa shape index (κ1) is 20.5. The lowest BCUT2D eigenvalue weighted by atomic mass is 9.68. The van der Waals surface area contributed by atoms with E-state index in [1.165, 1.54) is 0 Å². The van der Waals surface area contributed by atoms with E-state index in [1.54, 1.807) is 27.0 Å². The second-order valence-electron chi connectivity index (χ2n) is 8.63. The zero-order valence-corrected chi connectivity index (χ0v) is 17.7. The highest BCUT2D eigenvalue weighted by atomic mass is 79.9. The van der Waals surface area contributed by atoms with Crippen molar-refractivity contribution in [2.75, 3.05) is 26.2 Å². The third-order valence-corrected chi connectivity index (χ3v) is 5.94. The first-order valence-corrected chi connectivity index (χ1v) is 9.93. The number of amides is 1. The predicted molar refractivity (Wildman–Crippen MR) is 102 cm³/mol. The van der Waals surface area contributed by atoms with Crippen molar-refractivity contribution in [3.05, 3.63) is 28.5 Å². The third-order valence-electron chi connectivity index (χ3n) is 5.47. The molecule has 1 aromatic heterocycles. The van der Waals surface area contributed by atoms with Crippen molar-refractivity contribution in [2.24, 2.45) is 5.41 Å². The number of carbonyl (C=O) groups is 1. The summed E-state index contributed by atoms with van der Waals surface area (Å²) in [5.41, 5.74) is -0.756. The van der Waals surface area contributed by atoms with Gasteiger partial charge in [-0.15, -0.1) is 0 Å². The molecule has 1 amide bonds. The lowest BCUT2D eigenvalue weighted by Gasteiger charge is -2.58. The predicted octanol–water partition coefficient (Wildman–Crippen LogP) is 4.48. The Bertz CT molecular complexity index is 700. The summed E-state index contributed by atoms with van der Waals surface area (Å²) in [6.45, 7) is 7.56. The van der Waals surface area contributed by atoms with Crippen molar-refractivity contribution in [3.63, 3.8) is 0 Å². The maximum absolute atomic E-state index is 14.9. The van der Waals surface area contributed by atoms with Crippen molar-refractivity contribution in [3.8, 4) is 0 Å². The minimum absolute atomic E-state index is 0.0240. The molecule has 0 N–H and O–H groups in total. The Hall–Kier alpha value is -1.28. The van der Waals surface area contributed by atoms with E-state index in [0.29, 0.717) is 19.6 Å². The number of carbonyl (C=O) groups excluding carboxylic acids is 1. The number of nitrogens with zero attached hydrogens (tertiary/aromatic N) is 3. The highest BCUT2D eigenvalue weighted by molar-refractivity contribution is 9.10. The van der Waals surface area contributed by atoms with Gasteiger partial charge < -0.3 is 9.64 Å². The zero-order chi connectivity index (χ0) is 20.0. The molecular weight excluding hydrogens is 420 g/mol. The van der Waals surface area contributed by atoms with Crippen LogP contribution in [0.15, 0.2) is 22.9 Å². The molecule has 8 heteroatoms. The van der Waals surface area contributed by atoms with Gasteiger partial charge in [-0.05, 0) is 61.7 Å². The van der Waals surface area contributed by atoms with E-state index in [9.17, 15) is 13.6 Å². The van der Waals surface area contributed by atoms with E-state index in [-0.39, 0.29) is 12.5 Å². The maximum atomic E-state index is 14.9. The van der Waals surface area contributed by atoms with Crippen LogP contribution in [-0.4, -0.2) is 58.6 Å². The van der Waals surface area contributed by atoms with Crippen LogP contribution in [0.5, 0.6) is 0 Å². The van der Waals surface area contributed by atoms with E-state index in [4.69, 9.17) is 4.74 Å². The fraction of sp³-hybridized carbons (Fsp3) is 0.684. The van der Waals surface area contributed by atoms with Crippen LogP contribution >= 0.6 is 15.9 Å². The number of piperidine rings is 1. The number of hydrogen-bond donors (Lipinski definition) is 0. The Kier molecular flexibility index (Phi) is 5.27. The van der Waals surface area contributed by atoms with Crippen LogP contribution in [0.3, 0.4) is 0 Å². The van der Waals surface area contributed by atoms with Crippen LogP contribution < -0.4 is 0 Å². The standard InChI is InChI=1S/C19H26BrF2N3O2/c1-13(14-5-6-15(20)23-9-14)25-10-18(11-25)7-8-24(12-19(18,21)22)16(26)27-17(2,3)4/h5-6,9,13H,7-8,10-12H2,1-4H3. The summed E-state index contributed by atoms with van der Waals surface area (Å²) in [5, 5.41) is 0. The molecular formula is C19H26BrF2N3O2. The fourth-order valence-electron chi connectivity index (χ4n) is 3.74. The third kappa shape index (κ3) is 4.11. The summed E-state index contributed by atoms with van der Waals surface area (Å²) in [7, 11) is 0. The molecule has 1 spiro atoms. The van der Waals surface area contributed by atoms with Gasteiger partial charge in [-0.3, -0.25) is 4.90 Å². The first-order valence-electron chi connectivity index (χ1n) is 9.14. The van der Waals surface area contributed by atoms with Crippen molar-refractivity contribution in [1.82, 2.24) is 14.8 Å². The molecule has 1 unspecified atom stereocenters. The van der Waals surface area contributed by atoms with Crippen LogP contribution in [0.1, 0.15) is 45.7 Å². The normalized spacial score (nSPS) is 23.0. The second kappa shape index (κ2) is 6.95. The number of pyridine rings is 1. The van der Waals surface area contributed by atoms with E-state index >= 15 is 0 Å². The molecule has 0 bridgehead atoms. The minimum atomic E-state index is -2.93. The Morgan fingerprint density at radius 3 is 2.48 bits per heavy atom. The summed E-state index contributed by atoms with van der Waals surface area (Å²) in [6.07, 6.45) is 1.38. The van der Waals surface area contributed by atoms with Crippen molar-refractivity contribution in [2.45, 2.75) is 51.7 Å². The van der Waals surface area contributed by atoms with Gasteiger partial charge in [0, 0.05) is 31.9 Å². The number of rotatable bonds is 2. The molecule has 27 heavy (non-hydrogen) atoms. The van der Waals surface area contributed by atoms with Gasteiger partial charge in [-0.2, -0.15) is 0 Å². The molecule has 0 aliphatic carbocycles. The van der Waals surface area contributed by atoms with Gasteiger partial charge in [0.05, 0.1) is 12.0 Å². The summed E-state index contributed by atoms with van der Waals surface area (Å²) in [6, 6.07) is 3.83. The summed E-state index contributed by atoms with van der Waals surface area (Å²) in [4.78, 5) is 19.6. The van der Waals surface area contributed by atoms with Crippen LogP contribution in [0.2, 0.25) is 0 Å². The topological polar surface area (TPSA) is 45.7 Å². The molecule has 1 atom stereocenters. The minimum Gasteiger partial charge on any atom is -0.444 e. The van der Waals surface area contributed by atoms with Gasteiger partial charge in [-0.1, -0.05) is 6.07 Å². The molecule has 2 saturated heterocycles. The molecule has 0 radical (unpaired) electrons. The number of halogens is 3. The van der Waals surface area contributed by atoms with Gasteiger partial charge >= 0.3 is 6.09 Å². The number of alkyl halides is 2. The number of ether oxygens (including phenoxy) is 1. The van der Waals surface area contributed by atoms with Gasteiger partial charge in [0.25, 0.3) is 5.92 Å². The van der Waals surface area contributed by atoms with Gasteiger partial charge in [0.2, 0.25) is 0 Å². The summed E-state index contributed by atoms with van der Waals surface area (Å²) < 4.78 is 35.9. The Balaban J connectivity index is 1.62. The molecule has 150 valence electrons. The highest BCUT2D eigenvalue weighted by Crippen LogP contribution is 2.52. The lowest BCUT2D eigenvalue weighted by molar-refractivity contribution is -0.227. The smallest absolute Gasteiger partial charge is 0.410 e. The van der Waals surface area contributed by atoms with Crippen molar-refractivity contribution < 1.29 is 18.3 Å². The largest absolute Gasteiger partial charge is 0.444 e. The molecule has 5 nitrogen and oxygen atoms in total. The molecule has 2 aliphatic heterocycles. The van der Waals surface area contributed by atoms with E-state index < -0.39 is 29.6 Å². The van der Waals surface area contributed by atoms with Crippen LogP contribution in [0.25, 0.3) is 0 Å². The van der Waals surface area contributed by atoms with Crippen molar-refractivity contribution >= 4 is 22.0 Å².